The Hall–Kier alpha value is -3.99. The average Bonchev–Trinajstić information content (AvgIpc) is 3.52. The largest absolute Gasteiger partial charge is 0.431 e. The van der Waals surface area contributed by atoms with Crippen LogP contribution >= 0.6 is 11.8 Å². The molecule has 37 heavy (non-hydrogen) atoms. The lowest BCUT2D eigenvalue weighted by atomic mass is 10.2. The predicted octanol–water partition coefficient (Wildman–Crippen LogP) is 3.07. The number of nitrogens with one attached hydrogen (secondary N) is 1. The Labute approximate surface area is 216 Å². The van der Waals surface area contributed by atoms with E-state index in [2.05, 4.69) is 31.9 Å². The smallest absolute Gasteiger partial charge is 0.329 e. The second kappa shape index (κ2) is 9.81. The molecule has 5 aromatic rings. The molecule has 1 fully saturated rings. The lowest BCUT2D eigenvalue weighted by Crippen LogP contribution is -2.47. The number of anilines is 2. The number of para-hydroxylation sites is 3. The minimum Gasteiger partial charge on any atom is -0.431 e. The number of aromatic nitrogens is 5. The van der Waals surface area contributed by atoms with Crippen molar-refractivity contribution in [2.75, 3.05) is 41.7 Å². The third-order valence-electron chi connectivity index (χ3n) is 6.70. The summed E-state index contributed by atoms with van der Waals surface area (Å²) in [7, 11) is 1.64. The van der Waals surface area contributed by atoms with Crippen molar-refractivity contribution in [1.82, 2.24) is 24.1 Å². The predicted molar refractivity (Wildman–Crippen MR) is 146 cm³/mol. The van der Waals surface area contributed by atoms with E-state index >= 15 is 0 Å². The van der Waals surface area contributed by atoms with Crippen molar-refractivity contribution in [3.8, 4) is 0 Å². The van der Waals surface area contributed by atoms with Gasteiger partial charge in [0.05, 0.1) is 0 Å². The number of benzene rings is 2. The van der Waals surface area contributed by atoms with Gasteiger partial charge < -0.3 is 18.8 Å². The van der Waals surface area contributed by atoms with Crippen molar-refractivity contribution < 1.29 is 4.42 Å². The lowest BCUT2D eigenvalue weighted by Gasteiger charge is -2.36. The van der Waals surface area contributed by atoms with Gasteiger partial charge in [0.15, 0.2) is 16.7 Å². The SMILES string of the molecule is Cn1c(=O)[nH]c(=O)c2c1nc(N1CCN(c3ccccc3)CC1)n2CCCSc1nc2ccccc2o1. The number of rotatable bonds is 7. The van der Waals surface area contributed by atoms with Gasteiger partial charge >= 0.3 is 5.69 Å². The van der Waals surface area contributed by atoms with Crippen LogP contribution in [0.15, 0.2) is 73.8 Å². The standard InChI is InChI=1S/C26H27N7O3S/c1-30-22-21(23(34)29-25(30)35)33(12-7-17-37-26-27-19-10-5-6-11-20(19)36-26)24(28-22)32-15-13-31(14-16-32)18-8-3-2-4-9-18/h2-6,8-11H,7,12-17H2,1H3,(H,29,34,35). The van der Waals surface area contributed by atoms with Gasteiger partial charge in [-0.05, 0) is 30.7 Å². The molecule has 3 aromatic heterocycles. The third kappa shape index (κ3) is 4.50. The number of fused-ring (bicyclic) bond motifs is 2. The zero-order valence-corrected chi connectivity index (χ0v) is 21.3. The number of imidazole rings is 1. The van der Waals surface area contributed by atoms with Gasteiger partial charge in [-0.3, -0.25) is 14.3 Å². The number of hydrogen-bond acceptors (Lipinski definition) is 8. The van der Waals surface area contributed by atoms with E-state index in [9.17, 15) is 9.59 Å². The van der Waals surface area contributed by atoms with Crippen molar-refractivity contribution in [1.29, 1.82) is 0 Å². The van der Waals surface area contributed by atoms with Gasteiger partial charge in [0, 0.05) is 51.2 Å². The highest BCUT2D eigenvalue weighted by molar-refractivity contribution is 7.99. The minimum atomic E-state index is -0.464. The summed E-state index contributed by atoms with van der Waals surface area (Å²) >= 11 is 1.55. The molecule has 2 aromatic carbocycles. The molecule has 6 rings (SSSR count). The lowest BCUT2D eigenvalue weighted by molar-refractivity contribution is 0.489. The quantitative estimate of drug-likeness (QED) is 0.259. The molecule has 10 nitrogen and oxygen atoms in total. The van der Waals surface area contributed by atoms with Crippen molar-refractivity contribution in [3.05, 3.63) is 75.4 Å². The first-order valence-electron chi connectivity index (χ1n) is 12.3. The van der Waals surface area contributed by atoms with Crippen LogP contribution in [0.4, 0.5) is 11.6 Å². The summed E-state index contributed by atoms with van der Waals surface area (Å²) in [4.78, 5) is 41.4. The van der Waals surface area contributed by atoms with Gasteiger partial charge in [-0.25, -0.2) is 9.78 Å². The van der Waals surface area contributed by atoms with Crippen LogP contribution in [0.25, 0.3) is 22.3 Å². The Morgan fingerprint density at radius 1 is 0.946 bits per heavy atom. The summed E-state index contributed by atoms with van der Waals surface area (Å²) in [5, 5.41) is 0.634. The molecular weight excluding hydrogens is 490 g/mol. The fraction of sp³-hybridized carbons (Fsp3) is 0.308. The van der Waals surface area contributed by atoms with Crippen LogP contribution in [0.1, 0.15) is 6.42 Å². The molecule has 0 spiro atoms. The van der Waals surface area contributed by atoms with E-state index in [1.807, 2.05) is 47.0 Å². The van der Waals surface area contributed by atoms with E-state index in [0.717, 1.165) is 55.4 Å². The summed E-state index contributed by atoms with van der Waals surface area (Å²) in [5.41, 5.74) is 2.77. The van der Waals surface area contributed by atoms with Gasteiger partial charge in [0.2, 0.25) is 5.95 Å². The van der Waals surface area contributed by atoms with E-state index in [0.29, 0.717) is 22.9 Å². The van der Waals surface area contributed by atoms with Gasteiger partial charge in [-0.15, -0.1) is 0 Å². The van der Waals surface area contributed by atoms with Crippen molar-refractivity contribution >= 4 is 45.7 Å². The molecule has 1 N–H and O–H groups in total. The highest BCUT2D eigenvalue weighted by Gasteiger charge is 2.25. The Bertz CT molecular complexity index is 1630. The van der Waals surface area contributed by atoms with Crippen LogP contribution in [0, 0.1) is 0 Å². The molecule has 0 radical (unpaired) electrons. The molecule has 0 aliphatic carbocycles. The number of aryl methyl sites for hydroxylation is 2. The molecule has 11 heteroatoms. The van der Waals surface area contributed by atoms with Gasteiger partial charge in [-0.1, -0.05) is 42.1 Å². The van der Waals surface area contributed by atoms with Gasteiger partial charge in [0.1, 0.15) is 5.52 Å². The van der Waals surface area contributed by atoms with Gasteiger partial charge in [-0.2, -0.15) is 4.98 Å². The molecule has 1 saturated heterocycles. The minimum absolute atomic E-state index is 0.404. The van der Waals surface area contributed by atoms with Crippen LogP contribution in [0.3, 0.4) is 0 Å². The van der Waals surface area contributed by atoms with Crippen LogP contribution < -0.4 is 21.0 Å². The normalized spacial score (nSPS) is 14.2. The Morgan fingerprint density at radius 2 is 1.68 bits per heavy atom. The van der Waals surface area contributed by atoms with Crippen molar-refractivity contribution in [2.45, 2.75) is 18.2 Å². The Morgan fingerprint density at radius 3 is 2.46 bits per heavy atom. The fourth-order valence-electron chi connectivity index (χ4n) is 4.77. The molecule has 0 atom stereocenters. The van der Waals surface area contributed by atoms with E-state index in [4.69, 9.17) is 9.40 Å². The zero-order valence-electron chi connectivity index (χ0n) is 20.5. The number of hydrogen-bond donors (Lipinski definition) is 1. The van der Waals surface area contributed by atoms with Crippen molar-refractivity contribution in [2.24, 2.45) is 7.05 Å². The summed E-state index contributed by atoms with van der Waals surface area (Å²) in [6.07, 6.45) is 0.772. The molecule has 1 aliphatic rings. The van der Waals surface area contributed by atoms with Gasteiger partial charge in [0.25, 0.3) is 10.8 Å². The molecule has 0 bridgehead atoms. The summed E-state index contributed by atoms with van der Waals surface area (Å²) in [5.74, 6) is 1.48. The van der Waals surface area contributed by atoms with E-state index < -0.39 is 11.2 Å². The zero-order chi connectivity index (χ0) is 25.4. The highest BCUT2D eigenvalue weighted by atomic mass is 32.2. The molecule has 0 amide bonds. The second-order valence-corrected chi connectivity index (χ2v) is 10.1. The van der Waals surface area contributed by atoms with E-state index in [1.165, 1.54) is 10.3 Å². The average molecular weight is 518 g/mol. The first kappa shape index (κ1) is 23.4. The van der Waals surface area contributed by atoms with Crippen molar-refractivity contribution in [3.63, 3.8) is 0 Å². The topological polar surface area (TPSA) is 105 Å². The number of aromatic amines is 1. The number of oxazole rings is 1. The maximum atomic E-state index is 12.9. The maximum absolute atomic E-state index is 12.9. The van der Waals surface area contributed by atoms with Crippen LogP contribution in [0.5, 0.6) is 0 Å². The highest BCUT2D eigenvalue weighted by Crippen LogP contribution is 2.26. The number of nitrogens with zero attached hydrogens (tertiary/aromatic N) is 6. The molecule has 0 saturated carbocycles. The number of thioether (sulfide) groups is 1. The van der Waals surface area contributed by atoms with E-state index in [1.54, 1.807) is 18.8 Å². The first-order valence-corrected chi connectivity index (χ1v) is 13.3. The Kier molecular flexibility index (Phi) is 6.21. The molecule has 0 unspecified atom stereocenters. The fourth-order valence-corrected chi connectivity index (χ4v) is 5.53. The summed E-state index contributed by atoms with van der Waals surface area (Å²) in [6, 6.07) is 18.1. The first-order chi connectivity index (χ1) is 18.1. The summed E-state index contributed by atoms with van der Waals surface area (Å²) in [6.45, 7) is 3.80. The molecular formula is C26H27N7O3S. The molecule has 190 valence electrons. The van der Waals surface area contributed by atoms with E-state index in [-0.39, 0.29) is 0 Å². The number of H-pyrrole nitrogens is 1. The maximum Gasteiger partial charge on any atom is 0.329 e. The van der Waals surface area contributed by atoms with Crippen LogP contribution in [-0.2, 0) is 13.6 Å². The monoisotopic (exact) mass is 517 g/mol. The van der Waals surface area contributed by atoms with Crippen LogP contribution in [-0.4, -0.2) is 56.0 Å². The second-order valence-electron chi connectivity index (χ2n) is 9.01. The molecule has 4 heterocycles. The third-order valence-corrected chi connectivity index (χ3v) is 7.61. The Balaban J connectivity index is 1.23. The molecule has 1 aliphatic heterocycles. The van der Waals surface area contributed by atoms with Crippen LogP contribution in [0.2, 0.25) is 0 Å². The summed E-state index contributed by atoms with van der Waals surface area (Å²) < 4.78 is 9.18. The number of piperazine rings is 1.